The molecule has 0 unspecified atom stereocenters. The molecular weight excluding hydrogens is 619 g/mol. The third kappa shape index (κ3) is 4.57. The minimum absolute atomic E-state index is 0. The third-order valence-corrected chi connectivity index (χ3v) is 5.72. The number of pyridine rings is 2. The average molecular weight is 637 g/mol. The Bertz CT molecular complexity index is 1350. The Hall–Kier alpha value is -3.00. The predicted molar refractivity (Wildman–Crippen MR) is 121 cm³/mol. The van der Waals surface area contributed by atoms with Gasteiger partial charge < -0.3 is 12.6 Å². The van der Waals surface area contributed by atoms with E-state index >= 15 is 4.39 Å². The van der Waals surface area contributed by atoms with E-state index in [-0.39, 0.29) is 43.6 Å². The molecule has 0 bridgehead atoms. The molecule has 2 aromatic heterocycles. The van der Waals surface area contributed by atoms with Crippen molar-refractivity contribution in [1.82, 2.24) is 9.97 Å². The van der Waals surface area contributed by atoms with Crippen molar-refractivity contribution in [3.05, 3.63) is 101 Å². The maximum atomic E-state index is 15.2. The molecule has 0 spiro atoms. The molecular formula is C26H17F2N3PtS. The van der Waals surface area contributed by atoms with Gasteiger partial charge in [-0.1, -0.05) is 79.1 Å². The van der Waals surface area contributed by atoms with E-state index in [9.17, 15) is 9.65 Å². The molecule has 0 aliphatic carbocycles. The summed E-state index contributed by atoms with van der Waals surface area (Å²) >= 11 is 5.49. The van der Waals surface area contributed by atoms with Crippen molar-refractivity contribution < 1.29 is 29.8 Å². The molecule has 7 heteroatoms. The molecule has 0 aliphatic rings. The van der Waals surface area contributed by atoms with Gasteiger partial charge in [0.1, 0.15) is 0 Å². The van der Waals surface area contributed by atoms with Crippen molar-refractivity contribution in [3.8, 4) is 28.6 Å². The first-order valence-electron chi connectivity index (χ1n) is 9.84. The molecule has 0 fully saturated rings. The summed E-state index contributed by atoms with van der Waals surface area (Å²) in [5, 5.41) is 9.41. The molecule has 4 aromatic rings. The smallest absolute Gasteiger partial charge is 0.779 e. The Morgan fingerprint density at radius 1 is 0.909 bits per heavy atom. The fourth-order valence-corrected chi connectivity index (χ4v) is 3.99. The number of nitriles is 1. The van der Waals surface area contributed by atoms with E-state index in [4.69, 9.17) is 12.6 Å². The van der Waals surface area contributed by atoms with Crippen LogP contribution < -0.4 is 0 Å². The number of aromatic nitrogens is 2. The van der Waals surface area contributed by atoms with Crippen molar-refractivity contribution in [2.24, 2.45) is 0 Å². The first-order chi connectivity index (χ1) is 15.3. The topological polar surface area (TPSA) is 49.6 Å². The van der Waals surface area contributed by atoms with Gasteiger partial charge in [-0.15, -0.1) is 6.07 Å². The van der Waals surface area contributed by atoms with Crippen molar-refractivity contribution in [2.45, 2.75) is 24.2 Å². The van der Waals surface area contributed by atoms with E-state index in [0.717, 1.165) is 5.56 Å². The monoisotopic (exact) mass is 636 g/mol. The number of hydrogen-bond acceptors (Lipinski definition) is 4. The van der Waals surface area contributed by atoms with Crippen molar-refractivity contribution in [2.75, 3.05) is 0 Å². The Morgan fingerprint density at radius 2 is 1.55 bits per heavy atom. The second-order valence-corrected chi connectivity index (χ2v) is 8.17. The fourth-order valence-electron chi connectivity index (χ4n) is 3.59. The number of hydrogen-bond donors (Lipinski definition) is 0. The van der Waals surface area contributed by atoms with Gasteiger partial charge in [0.15, 0.2) is 0 Å². The van der Waals surface area contributed by atoms with Gasteiger partial charge in [0, 0.05) is 28.7 Å². The third-order valence-electron chi connectivity index (χ3n) is 5.37. The standard InChI is InChI=1S/C26H18F2N3S.Pt/c1-26(2,19-8-3-4-11-22(19)32)23-12-7-10-21(31-23)17-14-16(20-9-5-6-13-30-20)24(27)18(15-29)25(17)28;/h3-13,32H,1-2H3;/q-1;+2/p-1. The summed E-state index contributed by atoms with van der Waals surface area (Å²) in [6, 6.07) is 22.1. The van der Waals surface area contributed by atoms with Crippen LogP contribution in [0.25, 0.3) is 22.5 Å². The van der Waals surface area contributed by atoms with Gasteiger partial charge in [-0.25, -0.2) is 0 Å². The maximum absolute atomic E-state index is 15.2. The van der Waals surface area contributed by atoms with Crippen LogP contribution in [0.15, 0.2) is 71.8 Å². The van der Waals surface area contributed by atoms with E-state index in [1.165, 1.54) is 6.20 Å². The van der Waals surface area contributed by atoms with Gasteiger partial charge in [0.05, 0.1) is 23.3 Å². The Balaban J connectivity index is 0.00000306. The molecule has 0 amide bonds. The minimum Gasteiger partial charge on any atom is -0.779 e. The van der Waals surface area contributed by atoms with Crippen LogP contribution in [0.1, 0.15) is 30.7 Å². The number of nitrogens with zero attached hydrogens (tertiary/aromatic N) is 3. The Kier molecular flexibility index (Phi) is 7.37. The van der Waals surface area contributed by atoms with E-state index in [2.05, 4.69) is 16.0 Å². The Morgan fingerprint density at radius 3 is 2.18 bits per heavy atom. The van der Waals surface area contributed by atoms with Crippen LogP contribution in [0.5, 0.6) is 0 Å². The minimum atomic E-state index is -1.00. The van der Waals surface area contributed by atoms with Crippen molar-refractivity contribution >= 4 is 12.6 Å². The summed E-state index contributed by atoms with van der Waals surface area (Å²) in [6.45, 7) is 3.96. The predicted octanol–water partition coefficient (Wildman–Crippen LogP) is 5.99. The Labute approximate surface area is 211 Å². The van der Waals surface area contributed by atoms with Crippen LogP contribution in [-0.4, -0.2) is 9.97 Å². The molecule has 0 N–H and O–H groups in total. The molecule has 0 atom stereocenters. The van der Waals surface area contributed by atoms with Gasteiger partial charge in [-0.05, 0) is 12.1 Å². The van der Waals surface area contributed by atoms with Gasteiger partial charge in [0.25, 0.3) is 0 Å². The summed E-state index contributed by atoms with van der Waals surface area (Å²) in [7, 11) is 0. The van der Waals surface area contributed by atoms with E-state index in [1.807, 2.05) is 44.2 Å². The SMILES string of the molecule is CC(C)(c1cccc(-c2[c-]c(-c3ccccn3)c(F)c(C#N)c2F)n1)c1ccccc1[S-].[Pt+2]. The zero-order valence-corrected chi connectivity index (χ0v) is 20.8. The van der Waals surface area contributed by atoms with E-state index in [1.54, 1.807) is 36.4 Å². The van der Waals surface area contributed by atoms with Crippen LogP contribution >= 0.6 is 0 Å². The summed E-state index contributed by atoms with van der Waals surface area (Å²) in [4.78, 5) is 9.49. The molecule has 0 saturated carbocycles. The van der Waals surface area contributed by atoms with Gasteiger partial charge >= 0.3 is 21.1 Å². The second-order valence-electron chi connectivity index (χ2n) is 7.73. The quantitative estimate of drug-likeness (QED) is 0.204. The molecule has 0 aliphatic heterocycles. The van der Waals surface area contributed by atoms with Crippen LogP contribution in [0.2, 0.25) is 0 Å². The van der Waals surface area contributed by atoms with Crippen molar-refractivity contribution in [1.29, 1.82) is 5.26 Å². The molecule has 2 heterocycles. The second kappa shape index (κ2) is 9.87. The molecule has 3 nitrogen and oxygen atoms in total. The molecule has 2 aromatic carbocycles. The van der Waals surface area contributed by atoms with Gasteiger partial charge in [0.2, 0.25) is 0 Å². The summed E-state index contributed by atoms with van der Waals surface area (Å²) < 4.78 is 30.0. The molecule has 0 radical (unpaired) electrons. The first kappa shape index (κ1) is 24.6. The van der Waals surface area contributed by atoms with Gasteiger partial charge in [-0.3, -0.25) is 18.7 Å². The number of halogens is 2. The molecule has 166 valence electrons. The van der Waals surface area contributed by atoms with Crippen LogP contribution in [-0.2, 0) is 39.1 Å². The zero-order chi connectivity index (χ0) is 22.9. The summed E-state index contributed by atoms with van der Waals surface area (Å²) in [5.74, 6) is -2.00. The van der Waals surface area contributed by atoms with Crippen molar-refractivity contribution in [3.63, 3.8) is 0 Å². The van der Waals surface area contributed by atoms with Crippen LogP contribution in [0.4, 0.5) is 8.78 Å². The first-order valence-corrected chi connectivity index (χ1v) is 10.3. The summed E-state index contributed by atoms with van der Waals surface area (Å²) in [6.07, 6.45) is 1.49. The van der Waals surface area contributed by atoms with Gasteiger partial charge in [-0.2, -0.15) is 10.2 Å². The zero-order valence-electron chi connectivity index (χ0n) is 17.7. The van der Waals surface area contributed by atoms with E-state index < -0.39 is 22.6 Å². The molecule has 4 rings (SSSR count). The summed E-state index contributed by atoms with van der Waals surface area (Å²) in [5.41, 5.74) is 0.628. The fraction of sp³-hybridized carbons (Fsp3) is 0.115. The van der Waals surface area contributed by atoms with Crippen LogP contribution in [0.3, 0.4) is 0 Å². The normalized spacial score (nSPS) is 10.9. The number of benzene rings is 2. The van der Waals surface area contributed by atoms with Crippen LogP contribution in [0, 0.1) is 29.0 Å². The molecule has 33 heavy (non-hydrogen) atoms. The molecule has 0 saturated heterocycles. The number of rotatable bonds is 4. The average Bonchev–Trinajstić information content (AvgIpc) is 2.80. The maximum Gasteiger partial charge on any atom is 2.00 e. The largest absolute Gasteiger partial charge is 2.00 e. The van der Waals surface area contributed by atoms with E-state index in [0.29, 0.717) is 10.6 Å².